The van der Waals surface area contributed by atoms with Gasteiger partial charge >= 0.3 is 16.2 Å². The van der Waals surface area contributed by atoms with Crippen molar-refractivity contribution in [3.05, 3.63) is 77.7 Å². The number of ether oxygens (including phenoxy) is 1. The molecule has 2 aliphatic heterocycles. The standard InChI is InChI=1S/C31H25ClF2N6O4S/c32-24-6-2-4-17-3-1-5-22(26(17)24)28-27(33)29-23(13-35-28)30(40-14-19-7-8-20(15-40)36-19)39-31(38-29)44-16-25(41)37-18-9-11-21(12-10-18)45(34,42)43/h1-6,9-13,19-20,36H,7-8,14-16H2,(H,37,41)/t19-,20+. The smallest absolute Gasteiger partial charge is 0.332 e. The molecule has 2 N–H and O–H groups in total. The molecule has 2 aromatic heterocycles. The number of fused-ring (bicyclic) bond motifs is 4. The Hall–Kier alpha value is -4.46. The number of carbonyl (C=O) groups excluding carboxylic acids is 1. The van der Waals surface area contributed by atoms with Gasteiger partial charge in [-0.15, -0.1) is 3.89 Å². The van der Waals surface area contributed by atoms with E-state index in [0.29, 0.717) is 40.3 Å². The molecule has 0 saturated carbocycles. The van der Waals surface area contributed by atoms with E-state index in [-0.39, 0.29) is 35.0 Å². The van der Waals surface area contributed by atoms with Gasteiger partial charge in [0, 0.05) is 53.0 Å². The van der Waals surface area contributed by atoms with E-state index in [1.807, 2.05) is 18.2 Å². The molecule has 2 fully saturated rings. The van der Waals surface area contributed by atoms with Crippen LogP contribution < -0.4 is 20.3 Å². The Balaban J connectivity index is 1.24. The zero-order valence-electron chi connectivity index (χ0n) is 23.5. The van der Waals surface area contributed by atoms with E-state index in [2.05, 4.69) is 30.5 Å². The molecule has 0 unspecified atom stereocenters. The zero-order chi connectivity index (χ0) is 31.3. The van der Waals surface area contributed by atoms with E-state index in [0.717, 1.165) is 30.4 Å². The first-order valence-electron chi connectivity index (χ1n) is 14.2. The number of aromatic nitrogens is 3. The summed E-state index contributed by atoms with van der Waals surface area (Å²) in [5, 5.41) is 8.46. The van der Waals surface area contributed by atoms with Crippen molar-refractivity contribution in [1.82, 2.24) is 20.3 Å². The SMILES string of the molecule is O=C(COc1nc(N2C[C@H]3CC[C@@H](C2)N3)c2cnc(-c3cccc4cccc(Cl)c34)c(F)c2n1)Nc1ccc(S(=O)(=O)F)cc1. The average Bonchev–Trinajstić information content (AvgIpc) is 3.36. The summed E-state index contributed by atoms with van der Waals surface area (Å²) in [6.45, 7) is 0.768. The van der Waals surface area contributed by atoms with Crippen LogP contribution in [0.15, 0.2) is 71.8 Å². The Morgan fingerprint density at radius 3 is 2.47 bits per heavy atom. The van der Waals surface area contributed by atoms with E-state index in [9.17, 15) is 17.1 Å². The van der Waals surface area contributed by atoms with Gasteiger partial charge in [0.1, 0.15) is 17.0 Å². The number of pyridine rings is 1. The molecule has 0 radical (unpaired) electrons. The molecular weight excluding hydrogens is 626 g/mol. The Bertz CT molecular complexity index is 2070. The third-order valence-electron chi connectivity index (χ3n) is 8.02. The number of anilines is 2. The first kappa shape index (κ1) is 29.3. The number of benzene rings is 3. The van der Waals surface area contributed by atoms with Crippen molar-refractivity contribution < 1.29 is 26.2 Å². The fraction of sp³-hybridized carbons (Fsp3) is 0.226. The lowest BCUT2D eigenvalue weighted by Gasteiger charge is -2.34. The highest BCUT2D eigenvalue weighted by molar-refractivity contribution is 7.86. The molecule has 0 aliphatic carbocycles. The Morgan fingerprint density at radius 1 is 1.04 bits per heavy atom. The second-order valence-electron chi connectivity index (χ2n) is 11.0. The quantitative estimate of drug-likeness (QED) is 0.227. The number of rotatable bonds is 7. The number of hydrogen-bond acceptors (Lipinski definition) is 9. The highest BCUT2D eigenvalue weighted by Crippen LogP contribution is 2.38. The minimum Gasteiger partial charge on any atom is -0.453 e. The molecule has 1 amide bonds. The van der Waals surface area contributed by atoms with Crippen molar-refractivity contribution in [2.75, 3.05) is 29.9 Å². The Labute approximate surface area is 261 Å². The Morgan fingerprint density at radius 2 is 1.76 bits per heavy atom. The van der Waals surface area contributed by atoms with Gasteiger partial charge in [0.15, 0.2) is 12.4 Å². The van der Waals surface area contributed by atoms with Crippen LogP contribution in [-0.4, -0.2) is 61.1 Å². The van der Waals surface area contributed by atoms with E-state index in [1.54, 1.807) is 24.4 Å². The van der Waals surface area contributed by atoms with E-state index in [1.165, 1.54) is 12.1 Å². The van der Waals surface area contributed by atoms with Crippen LogP contribution in [0.25, 0.3) is 32.9 Å². The lowest BCUT2D eigenvalue weighted by molar-refractivity contribution is -0.118. The molecule has 230 valence electrons. The van der Waals surface area contributed by atoms with E-state index in [4.69, 9.17) is 16.3 Å². The maximum atomic E-state index is 16.5. The number of halogens is 3. The van der Waals surface area contributed by atoms with Gasteiger partial charge in [-0.3, -0.25) is 9.78 Å². The highest BCUT2D eigenvalue weighted by Gasteiger charge is 2.34. The van der Waals surface area contributed by atoms with Crippen LogP contribution in [0, 0.1) is 5.82 Å². The molecule has 2 saturated heterocycles. The predicted molar refractivity (Wildman–Crippen MR) is 166 cm³/mol. The molecule has 7 rings (SSSR count). The maximum absolute atomic E-state index is 16.5. The summed E-state index contributed by atoms with van der Waals surface area (Å²) in [4.78, 5) is 27.7. The van der Waals surface area contributed by atoms with Gasteiger partial charge in [-0.1, -0.05) is 41.9 Å². The summed E-state index contributed by atoms with van der Waals surface area (Å²) in [6, 6.07) is 15.8. The van der Waals surface area contributed by atoms with Gasteiger partial charge in [-0.05, 0) is 48.6 Å². The van der Waals surface area contributed by atoms with E-state index < -0.39 is 33.4 Å². The van der Waals surface area contributed by atoms with Crippen molar-refractivity contribution in [2.24, 2.45) is 0 Å². The van der Waals surface area contributed by atoms with Crippen LogP contribution in [0.5, 0.6) is 6.01 Å². The van der Waals surface area contributed by atoms with Gasteiger partial charge in [0.25, 0.3) is 5.91 Å². The molecule has 0 spiro atoms. The maximum Gasteiger partial charge on any atom is 0.332 e. The van der Waals surface area contributed by atoms with Gasteiger partial charge in [0.05, 0.1) is 10.3 Å². The minimum absolute atomic E-state index is 0.0154. The lowest BCUT2D eigenvalue weighted by atomic mass is 10.0. The summed E-state index contributed by atoms with van der Waals surface area (Å²) in [5.74, 6) is -0.845. The average molecular weight is 651 g/mol. The molecule has 4 heterocycles. The summed E-state index contributed by atoms with van der Waals surface area (Å²) in [5.41, 5.74) is 0.779. The van der Waals surface area contributed by atoms with Crippen molar-refractivity contribution in [1.29, 1.82) is 0 Å². The zero-order valence-corrected chi connectivity index (χ0v) is 25.1. The van der Waals surface area contributed by atoms with Crippen LogP contribution in [0.2, 0.25) is 5.02 Å². The van der Waals surface area contributed by atoms with Crippen molar-refractivity contribution in [3.63, 3.8) is 0 Å². The third-order valence-corrected chi connectivity index (χ3v) is 9.17. The predicted octanol–water partition coefficient (Wildman–Crippen LogP) is 5.25. The van der Waals surface area contributed by atoms with Gasteiger partial charge in [-0.25, -0.2) is 4.39 Å². The first-order valence-corrected chi connectivity index (χ1v) is 15.9. The van der Waals surface area contributed by atoms with Gasteiger partial charge in [0.2, 0.25) is 0 Å². The second-order valence-corrected chi connectivity index (χ2v) is 12.8. The number of nitrogens with one attached hydrogen (secondary N) is 2. The first-order chi connectivity index (χ1) is 21.6. The number of carbonyl (C=O) groups is 1. The summed E-state index contributed by atoms with van der Waals surface area (Å²) in [7, 11) is -4.87. The molecule has 14 heteroatoms. The van der Waals surface area contributed by atoms with Crippen molar-refractivity contribution in [2.45, 2.75) is 29.8 Å². The summed E-state index contributed by atoms with van der Waals surface area (Å²) >= 11 is 6.53. The van der Waals surface area contributed by atoms with Gasteiger partial charge in [-0.2, -0.15) is 18.4 Å². The second kappa shape index (κ2) is 11.5. The lowest BCUT2D eigenvalue weighted by Crippen LogP contribution is -2.51. The Kier molecular flexibility index (Phi) is 7.46. The number of piperazine rings is 1. The molecule has 3 aromatic carbocycles. The van der Waals surface area contributed by atoms with E-state index >= 15 is 4.39 Å². The molecule has 10 nitrogen and oxygen atoms in total. The largest absolute Gasteiger partial charge is 0.453 e. The normalized spacial score (nSPS) is 18.0. The van der Waals surface area contributed by atoms with Crippen molar-refractivity contribution >= 4 is 60.9 Å². The fourth-order valence-corrected chi connectivity index (χ4v) is 6.75. The van der Waals surface area contributed by atoms with Crippen LogP contribution in [0.4, 0.5) is 19.8 Å². The van der Waals surface area contributed by atoms with Gasteiger partial charge < -0.3 is 20.3 Å². The number of hydrogen-bond donors (Lipinski definition) is 2. The summed E-state index contributed by atoms with van der Waals surface area (Å²) in [6.07, 6.45) is 3.59. The topological polar surface area (TPSA) is 126 Å². The van der Waals surface area contributed by atoms with Crippen LogP contribution in [0.1, 0.15) is 12.8 Å². The fourth-order valence-electron chi connectivity index (χ4n) is 6.01. The third kappa shape index (κ3) is 5.74. The molecular formula is C31H25ClF2N6O4S. The minimum atomic E-state index is -4.87. The van der Waals surface area contributed by atoms with Crippen LogP contribution in [-0.2, 0) is 15.0 Å². The molecule has 2 atom stereocenters. The number of nitrogens with zero attached hydrogens (tertiary/aromatic N) is 4. The highest BCUT2D eigenvalue weighted by atomic mass is 35.5. The number of amides is 1. The molecule has 5 aromatic rings. The summed E-state index contributed by atoms with van der Waals surface area (Å²) < 4.78 is 57.5. The molecule has 2 bridgehead atoms. The monoisotopic (exact) mass is 650 g/mol. The van der Waals surface area contributed by atoms with Crippen LogP contribution >= 0.6 is 11.6 Å². The van der Waals surface area contributed by atoms with Crippen LogP contribution in [0.3, 0.4) is 0 Å². The van der Waals surface area contributed by atoms with Crippen molar-refractivity contribution in [3.8, 4) is 17.3 Å². The molecule has 2 aliphatic rings. The molecule has 45 heavy (non-hydrogen) atoms.